The summed E-state index contributed by atoms with van der Waals surface area (Å²) in [5, 5.41) is 8.05. The highest BCUT2D eigenvalue weighted by molar-refractivity contribution is 6.32. The van der Waals surface area contributed by atoms with Crippen LogP contribution in [0.25, 0.3) is 5.32 Å². The van der Waals surface area contributed by atoms with Gasteiger partial charge in [0.15, 0.2) is 0 Å². The van der Waals surface area contributed by atoms with Gasteiger partial charge in [0.05, 0.1) is 18.7 Å². The Labute approximate surface area is 119 Å². The van der Waals surface area contributed by atoms with Crippen LogP contribution in [0.2, 0.25) is 5.02 Å². The molecule has 1 aromatic carbocycles. The minimum atomic E-state index is 0.370. The molecule has 1 heterocycles. The average Bonchev–Trinajstić information content (AvgIpc) is 2.89. The highest BCUT2D eigenvalue weighted by atomic mass is 35.5. The van der Waals surface area contributed by atoms with Gasteiger partial charge in [-0.25, -0.2) is 0 Å². The predicted octanol–water partition coefficient (Wildman–Crippen LogP) is 3.34. The first-order valence-electron chi connectivity index (χ1n) is 6.31. The molecule has 0 fully saturated rings. The Kier molecular flexibility index (Phi) is 4.43. The first kappa shape index (κ1) is 13.9. The van der Waals surface area contributed by atoms with E-state index in [2.05, 4.69) is 29.4 Å². The van der Waals surface area contributed by atoms with E-state index >= 15 is 0 Å². The second-order valence-electron chi connectivity index (χ2n) is 4.71. The number of anilines is 1. The minimum Gasteiger partial charge on any atom is -0.673 e. The molecule has 1 aromatic rings. The molecule has 0 bridgehead atoms. The monoisotopic (exact) mass is 280 g/mol. The molecular weight excluding hydrogens is 262 g/mol. The molecular formula is C14H19ClN3O-. The second kappa shape index (κ2) is 6.06. The molecule has 1 N–H and O–H groups in total. The molecule has 1 aliphatic rings. The summed E-state index contributed by atoms with van der Waals surface area (Å²) in [5.41, 5.74) is 2.22. The average molecular weight is 281 g/mol. The number of benzene rings is 1. The van der Waals surface area contributed by atoms with E-state index in [1.54, 1.807) is 7.11 Å². The lowest BCUT2D eigenvalue weighted by Gasteiger charge is -2.30. The lowest BCUT2D eigenvalue weighted by molar-refractivity contribution is 0.415. The van der Waals surface area contributed by atoms with Gasteiger partial charge in [0.25, 0.3) is 0 Å². The van der Waals surface area contributed by atoms with Crippen LogP contribution in [0.15, 0.2) is 30.1 Å². The number of methoxy groups -OCH3 is 1. The third-order valence-corrected chi connectivity index (χ3v) is 3.39. The fourth-order valence-electron chi connectivity index (χ4n) is 2.03. The van der Waals surface area contributed by atoms with Crippen LogP contribution >= 0.6 is 11.6 Å². The molecule has 1 aliphatic heterocycles. The summed E-state index contributed by atoms with van der Waals surface area (Å²) < 4.78 is 5.28. The van der Waals surface area contributed by atoms with Crippen LogP contribution in [-0.2, 0) is 0 Å². The molecule has 0 unspecified atom stereocenters. The van der Waals surface area contributed by atoms with Crippen LogP contribution in [0.3, 0.4) is 0 Å². The molecule has 0 saturated heterocycles. The third kappa shape index (κ3) is 3.26. The lowest BCUT2D eigenvalue weighted by Crippen LogP contribution is -2.34. The van der Waals surface area contributed by atoms with Crippen LogP contribution in [0.5, 0.6) is 5.75 Å². The van der Waals surface area contributed by atoms with Crippen molar-refractivity contribution in [1.82, 2.24) is 5.32 Å². The zero-order valence-electron chi connectivity index (χ0n) is 11.5. The maximum absolute atomic E-state index is 6.07. The van der Waals surface area contributed by atoms with Gasteiger partial charge >= 0.3 is 0 Å². The van der Waals surface area contributed by atoms with Crippen molar-refractivity contribution in [3.63, 3.8) is 0 Å². The summed E-state index contributed by atoms with van der Waals surface area (Å²) >= 11 is 6.07. The smallest absolute Gasteiger partial charge is 0.139 e. The van der Waals surface area contributed by atoms with E-state index in [-0.39, 0.29) is 0 Å². The highest BCUT2D eigenvalue weighted by Gasteiger charge is 2.14. The van der Waals surface area contributed by atoms with E-state index in [0.29, 0.717) is 23.5 Å². The second-order valence-corrected chi connectivity index (χ2v) is 5.12. The molecule has 0 aliphatic carbocycles. The predicted molar refractivity (Wildman–Crippen MR) is 79.9 cm³/mol. The fraction of sp³-hybridized carbons (Fsp3) is 0.429. The molecule has 0 radical (unpaired) electrons. The Morgan fingerprint density at radius 1 is 1.47 bits per heavy atom. The number of hydrogen-bond acceptors (Lipinski definition) is 3. The van der Waals surface area contributed by atoms with Gasteiger partial charge in [0, 0.05) is 23.5 Å². The van der Waals surface area contributed by atoms with Crippen molar-refractivity contribution >= 4 is 17.3 Å². The van der Waals surface area contributed by atoms with Crippen molar-refractivity contribution in [1.29, 1.82) is 0 Å². The van der Waals surface area contributed by atoms with Gasteiger partial charge in [0.2, 0.25) is 0 Å². The number of hydrogen-bond donors (Lipinski definition) is 1. The summed E-state index contributed by atoms with van der Waals surface area (Å²) in [4.78, 5) is 2.28. The Balaban J connectivity index is 2.23. The van der Waals surface area contributed by atoms with Crippen molar-refractivity contribution in [2.45, 2.75) is 19.9 Å². The first-order chi connectivity index (χ1) is 9.11. The van der Waals surface area contributed by atoms with E-state index in [4.69, 9.17) is 16.3 Å². The lowest BCUT2D eigenvalue weighted by atomic mass is 10.2. The Bertz CT molecular complexity index is 474. The number of halogens is 1. The SMILES string of the molecule is COc1cc(N(CC2=C[N-]CN2)C(C)C)ccc1Cl. The molecule has 19 heavy (non-hydrogen) atoms. The van der Waals surface area contributed by atoms with Crippen LogP contribution in [0.1, 0.15) is 13.8 Å². The van der Waals surface area contributed by atoms with Gasteiger partial charge in [-0.05, 0) is 26.0 Å². The van der Waals surface area contributed by atoms with Crippen LogP contribution in [-0.4, -0.2) is 26.4 Å². The first-order valence-corrected chi connectivity index (χ1v) is 6.69. The van der Waals surface area contributed by atoms with Gasteiger partial charge in [-0.2, -0.15) is 6.20 Å². The number of rotatable bonds is 5. The van der Waals surface area contributed by atoms with E-state index in [1.165, 1.54) is 0 Å². The normalized spacial score (nSPS) is 13.8. The summed E-state index contributed by atoms with van der Waals surface area (Å²) in [6.07, 6.45) is 1.89. The summed E-state index contributed by atoms with van der Waals surface area (Å²) in [6, 6.07) is 6.22. The van der Waals surface area contributed by atoms with E-state index < -0.39 is 0 Å². The minimum absolute atomic E-state index is 0.370. The molecule has 0 saturated carbocycles. The van der Waals surface area contributed by atoms with E-state index in [9.17, 15) is 0 Å². The van der Waals surface area contributed by atoms with Gasteiger partial charge < -0.3 is 20.3 Å². The Morgan fingerprint density at radius 2 is 2.26 bits per heavy atom. The molecule has 104 valence electrons. The quantitative estimate of drug-likeness (QED) is 0.899. The van der Waals surface area contributed by atoms with E-state index in [1.807, 2.05) is 24.4 Å². The highest BCUT2D eigenvalue weighted by Crippen LogP contribution is 2.30. The molecule has 0 amide bonds. The maximum Gasteiger partial charge on any atom is 0.139 e. The summed E-state index contributed by atoms with van der Waals surface area (Å²) in [6.45, 7) is 5.79. The van der Waals surface area contributed by atoms with Crippen LogP contribution in [0, 0.1) is 0 Å². The topological polar surface area (TPSA) is 38.6 Å². The third-order valence-electron chi connectivity index (χ3n) is 3.07. The van der Waals surface area contributed by atoms with Crippen LogP contribution < -0.4 is 15.0 Å². The van der Waals surface area contributed by atoms with Gasteiger partial charge in [0.1, 0.15) is 5.75 Å². The standard InChI is InChI=1S/C14H19ClN3O/c1-10(2)18(8-11-7-16-9-17-11)12-4-5-13(15)14(6-12)19-3/h4-7,10,17H,8-9H2,1-3H3/q-1. The maximum atomic E-state index is 6.07. The summed E-state index contributed by atoms with van der Waals surface area (Å²) in [7, 11) is 1.63. The number of nitrogens with one attached hydrogen (secondary N) is 1. The zero-order valence-corrected chi connectivity index (χ0v) is 12.2. The fourth-order valence-corrected chi connectivity index (χ4v) is 2.22. The van der Waals surface area contributed by atoms with Gasteiger partial charge in [-0.15, -0.1) is 0 Å². The van der Waals surface area contributed by atoms with Crippen molar-refractivity contribution in [2.24, 2.45) is 0 Å². The largest absolute Gasteiger partial charge is 0.673 e. The molecule has 5 heteroatoms. The van der Waals surface area contributed by atoms with Crippen molar-refractivity contribution in [3.8, 4) is 5.75 Å². The molecule has 0 atom stereocenters. The molecule has 2 rings (SSSR count). The van der Waals surface area contributed by atoms with Crippen molar-refractivity contribution in [2.75, 3.05) is 25.2 Å². The Hall–Kier alpha value is -1.55. The van der Waals surface area contributed by atoms with Crippen LogP contribution in [0.4, 0.5) is 5.69 Å². The van der Waals surface area contributed by atoms with Crippen molar-refractivity contribution in [3.05, 3.63) is 40.4 Å². The Morgan fingerprint density at radius 3 is 2.84 bits per heavy atom. The molecule has 0 aromatic heterocycles. The van der Waals surface area contributed by atoms with E-state index in [0.717, 1.165) is 17.9 Å². The number of nitrogens with zero attached hydrogens (tertiary/aromatic N) is 2. The van der Waals surface area contributed by atoms with Gasteiger partial charge in [-0.1, -0.05) is 18.3 Å². The molecule has 4 nitrogen and oxygen atoms in total. The van der Waals surface area contributed by atoms with Gasteiger partial charge in [-0.3, -0.25) is 0 Å². The van der Waals surface area contributed by atoms with Crippen molar-refractivity contribution < 1.29 is 4.74 Å². The molecule has 0 spiro atoms. The number of ether oxygens (including phenoxy) is 1. The summed E-state index contributed by atoms with van der Waals surface area (Å²) in [5.74, 6) is 0.697. The zero-order chi connectivity index (χ0) is 13.8.